The number of hydrazine groups is 1. The summed E-state index contributed by atoms with van der Waals surface area (Å²) >= 11 is 1.000. The predicted octanol–water partition coefficient (Wildman–Crippen LogP) is 2.28. The van der Waals surface area contributed by atoms with Crippen molar-refractivity contribution in [3.8, 4) is 5.75 Å². The molecule has 2 amide bonds. The summed E-state index contributed by atoms with van der Waals surface area (Å²) in [5.74, 6) is -2.30. The fourth-order valence-electron chi connectivity index (χ4n) is 1.62. The van der Waals surface area contributed by atoms with Crippen LogP contribution in [0.15, 0.2) is 53.4 Å². The third-order valence-corrected chi connectivity index (χ3v) is 3.78. The number of amides is 2. The van der Waals surface area contributed by atoms with Gasteiger partial charge in [0.25, 0.3) is 5.91 Å². The van der Waals surface area contributed by atoms with Gasteiger partial charge >= 0.3 is 0 Å². The summed E-state index contributed by atoms with van der Waals surface area (Å²) in [6, 6.07) is 11.7. The van der Waals surface area contributed by atoms with Crippen LogP contribution in [0.4, 0.5) is 8.78 Å². The summed E-state index contributed by atoms with van der Waals surface area (Å²) in [5, 5.41) is 0. The molecule has 0 heterocycles. The largest absolute Gasteiger partial charge is 0.481 e. The second kappa shape index (κ2) is 8.88. The van der Waals surface area contributed by atoms with E-state index < -0.39 is 30.1 Å². The van der Waals surface area contributed by atoms with Crippen molar-refractivity contribution in [2.45, 2.75) is 4.90 Å². The van der Waals surface area contributed by atoms with Crippen LogP contribution >= 0.6 is 11.8 Å². The molecule has 0 atom stereocenters. The maximum atomic E-state index is 13.4. The van der Waals surface area contributed by atoms with E-state index in [4.69, 9.17) is 4.74 Å². The van der Waals surface area contributed by atoms with E-state index in [1.54, 1.807) is 24.3 Å². The third-order valence-electron chi connectivity index (χ3n) is 2.73. The number of carbonyl (C=O) groups excluding carboxylic acids is 2. The predicted molar refractivity (Wildman–Crippen MR) is 85.3 cm³/mol. The summed E-state index contributed by atoms with van der Waals surface area (Å²) in [5.41, 5.74) is 4.30. The molecule has 0 fully saturated rings. The van der Waals surface area contributed by atoms with Crippen LogP contribution in [0, 0.1) is 11.6 Å². The lowest BCUT2D eigenvalue weighted by Gasteiger charge is -2.09. The molecule has 0 unspecified atom stereocenters. The van der Waals surface area contributed by atoms with E-state index in [1.165, 1.54) is 24.3 Å². The molecular formula is C16H14F2N2O3S. The minimum Gasteiger partial charge on any atom is -0.481 e. The van der Waals surface area contributed by atoms with Crippen LogP contribution in [0.2, 0.25) is 0 Å². The van der Waals surface area contributed by atoms with Crippen molar-refractivity contribution >= 4 is 23.6 Å². The highest BCUT2D eigenvalue weighted by molar-refractivity contribution is 8.00. The Bertz CT molecular complexity index is 666. The van der Waals surface area contributed by atoms with E-state index in [0.29, 0.717) is 4.90 Å². The van der Waals surface area contributed by atoms with Gasteiger partial charge in [0.15, 0.2) is 18.2 Å². The molecule has 2 aromatic rings. The smallest absolute Gasteiger partial charge is 0.276 e. The minimum atomic E-state index is -0.650. The number of hydrogen-bond acceptors (Lipinski definition) is 4. The molecule has 0 aliphatic carbocycles. The number of para-hydroxylation sites is 1. The van der Waals surface area contributed by atoms with Crippen LogP contribution in [0.1, 0.15) is 0 Å². The first kappa shape index (κ1) is 17.7. The van der Waals surface area contributed by atoms with E-state index in [1.807, 2.05) is 0 Å². The van der Waals surface area contributed by atoms with Gasteiger partial charge in [-0.15, -0.1) is 11.8 Å². The summed E-state index contributed by atoms with van der Waals surface area (Å²) in [6.45, 7) is -0.457. The SMILES string of the molecule is O=C(COc1ccccc1F)NNC(=O)CSc1ccccc1F. The Hall–Kier alpha value is -2.61. The van der Waals surface area contributed by atoms with Crippen molar-refractivity contribution in [3.63, 3.8) is 0 Å². The molecule has 0 saturated heterocycles. The number of thioether (sulfide) groups is 1. The fraction of sp³-hybridized carbons (Fsp3) is 0.125. The molecule has 0 aromatic heterocycles. The maximum absolute atomic E-state index is 13.4. The van der Waals surface area contributed by atoms with Crippen LogP contribution in [0.3, 0.4) is 0 Å². The first-order valence-electron chi connectivity index (χ1n) is 6.88. The van der Waals surface area contributed by atoms with Gasteiger partial charge in [-0.3, -0.25) is 20.4 Å². The van der Waals surface area contributed by atoms with Crippen molar-refractivity contribution in [2.75, 3.05) is 12.4 Å². The van der Waals surface area contributed by atoms with E-state index in [9.17, 15) is 18.4 Å². The molecule has 8 heteroatoms. The maximum Gasteiger partial charge on any atom is 0.276 e. The minimum absolute atomic E-state index is 0.0610. The molecule has 126 valence electrons. The monoisotopic (exact) mass is 352 g/mol. The normalized spacial score (nSPS) is 10.1. The van der Waals surface area contributed by atoms with Crippen LogP contribution < -0.4 is 15.6 Å². The van der Waals surface area contributed by atoms with Gasteiger partial charge in [-0.2, -0.15) is 0 Å². The first-order chi connectivity index (χ1) is 11.6. The number of ether oxygens (including phenoxy) is 1. The van der Waals surface area contributed by atoms with E-state index in [-0.39, 0.29) is 11.5 Å². The molecule has 0 aliphatic rings. The van der Waals surface area contributed by atoms with Gasteiger partial charge in [0.1, 0.15) is 5.82 Å². The van der Waals surface area contributed by atoms with Crippen LogP contribution in [-0.4, -0.2) is 24.2 Å². The quantitative estimate of drug-likeness (QED) is 0.618. The molecular weight excluding hydrogens is 338 g/mol. The molecule has 2 N–H and O–H groups in total. The molecule has 0 radical (unpaired) electrons. The average molecular weight is 352 g/mol. The fourth-order valence-corrected chi connectivity index (χ4v) is 2.36. The Kier molecular flexibility index (Phi) is 6.56. The zero-order valence-corrected chi connectivity index (χ0v) is 13.2. The number of benzene rings is 2. The zero-order valence-electron chi connectivity index (χ0n) is 12.4. The van der Waals surface area contributed by atoms with E-state index >= 15 is 0 Å². The highest BCUT2D eigenvalue weighted by Crippen LogP contribution is 2.20. The van der Waals surface area contributed by atoms with Crippen molar-refractivity contribution in [1.82, 2.24) is 10.9 Å². The standard InChI is InChI=1S/C16H14F2N2O3S/c17-11-5-1-3-7-13(11)23-9-15(21)19-20-16(22)10-24-14-8-4-2-6-12(14)18/h1-8H,9-10H2,(H,19,21)(H,20,22). The Morgan fingerprint density at radius 2 is 1.54 bits per heavy atom. The van der Waals surface area contributed by atoms with Gasteiger partial charge in [0, 0.05) is 4.90 Å². The van der Waals surface area contributed by atoms with Crippen molar-refractivity contribution in [2.24, 2.45) is 0 Å². The second-order valence-electron chi connectivity index (χ2n) is 4.53. The summed E-state index contributed by atoms with van der Waals surface area (Å²) < 4.78 is 31.7. The number of nitrogens with one attached hydrogen (secondary N) is 2. The Morgan fingerprint density at radius 1 is 0.917 bits per heavy atom. The molecule has 0 saturated carbocycles. The van der Waals surface area contributed by atoms with Crippen LogP contribution in [-0.2, 0) is 9.59 Å². The highest BCUT2D eigenvalue weighted by Gasteiger charge is 2.09. The number of halogens is 2. The Labute approximate surface area is 141 Å². The molecule has 0 bridgehead atoms. The number of hydrogen-bond donors (Lipinski definition) is 2. The van der Waals surface area contributed by atoms with Crippen LogP contribution in [0.5, 0.6) is 5.75 Å². The van der Waals surface area contributed by atoms with Gasteiger partial charge in [-0.05, 0) is 24.3 Å². The average Bonchev–Trinajstić information content (AvgIpc) is 2.58. The third kappa shape index (κ3) is 5.54. The van der Waals surface area contributed by atoms with Gasteiger partial charge in [-0.1, -0.05) is 24.3 Å². The summed E-state index contributed by atoms with van der Waals surface area (Å²) in [7, 11) is 0. The molecule has 0 spiro atoms. The molecule has 24 heavy (non-hydrogen) atoms. The molecule has 2 rings (SSSR count). The van der Waals surface area contributed by atoms with Gasteiger partial charge in [0.05, 0.1) is 5.75 Å². The van der Waals surface area contributed by atoms with Gasteiger partial charge in [0.2, 0.25) is 5.91 Å². The summed E-state index contributed by atoms with van der Waals surface area (Å²) in [6.07, 6.45) is 0. The number of carbonyl (C=O) groups is 2. The Balaban J connectivity index is 1.69. The van der Waals surface area contributed by atoms with Gasteiger partial charge < -0.3 is 4.74 Å². The molecule has 0 aliphatic heterocycles. The number of rotatable bonds is 6. The van der Waals surface area contributed by atoms with Gasteiger partial charge in [-0.25, -0.2) is 8.78 Å². The topological polar surface area (TPSA) is 67.4 Å². The highest BCUT2D eigenvalue weighted by atomic mass is 32.2. The Morgan fingerprint density at radius 3 is 2.25 bits per heavy atom. The van der Waals surface area contributed by atoms with Crippen molar-refractivity contribution in [1.29, 1.82) is 0 Å². The molecule has 5 nitrogen and oxygen atoms in total. The van der Waals surface area contributed by atoms with Crippen molar-refractivity contribution < 1.29 is 23.1 Å². The van der Waals surface area contributed by atoms with E-state index in [0.717, 1.165) is 11.8 Å². The van der Waals surface area contributed by atoms with E-state index in [2.05, 4.69) is 10.9 Å². The lowest BCUT2D eigenvalue weighted by molar-refractivity contribution is -0.128. The zero-order chi connectivity index (χ0) is 17.4. The second-order valence-corrected chi connectivity index (χ2v) is 5.55. The lowest BCUT2D eigenvalue weighted by Crippen LogP contribution is -2.44. The summed E-state index contributed by atoms with van der Waals surface area (Å²) in [4.78, 5) is 23.4. The van der Waals surface area contributed by atoms with Crippen molar-refractivity contribution in [3.05, 3.63) is 60.2 Å². The molecule has 2 aromatic carbocycles. The van der Waals surface area contributed by atoms with Crippen LogP contribution in [0.25, 0.3) is 0 Å². The first-order valence-corrected chi connectivity index (χ1v) is 7.87. The lowest BCUT2D eigenvalue weighted by atomic mass is 10.3.